The molecule has 0 aliphatic carbocycles. The van der Waals surface area contributed by atoms with E-state index in [1.54, 1.807) is 0 Å². The molecule has 0 saturated heterocycles. The number of benzene rings is 1. The van der Waals surface area contributed by atoms with Crippen LogP contribution < -0.4 is 5.32 Å². The number of nitrogens with one attached hydrogen (secondary N) is 1. The Kier molecular flexibility index (Phi) is 1.91. The molecule has 0 bridgehead atoms. The van der Waals surface area contributed by atoms with Gasteiger partial charge >= 0.3 is 0 Å². The SMILES string of the molecule is c1ccc(-c2ccc3c(c2)CCN3)nc1. The van der Waals surface area contributed by atoms with Crippen molar-refractivity contribution in [2.75, 3.05) is 11.9 Å². The van der Waals surface area contributed by atoms with Gasteiger partial charge in [-0.1, -0.05) is 12.1 Å². The van der Waals surface area contributed by atoms with Gasteiger partial charge in [0.25, 0.3) is 0 Å². The Bertz CT molecular complexity index is 477. The van der Waals surface area contributed by atoms with Crippen LogP contribution in [0.5, 0.6) is 0 Å². The Morgan fingerprint density at radius 3 is 3.00 bits per heavy atom. The first-order valence-corrected chi connectivity index (χ1v) is 5.22. The van der Waals surface area contributed by atoms with E-state index in [9.17, 15) is 0 Å². The molecule has 0 radical (unpaired) electrons. The molecular formula is C13H12N2. The number of pyridine rings is 1. The summed E-state index contributed by atoms with van der Waals surface area (Å²) >= 11 is 0. The van der Waals surface area contributed by atoms with E-state index in [0.29, 0.717) is 0 Å². The minimum absolute atomic E-state index is 1.05. The summed E-state index contributed by atoms with van der Waals surface area (Å²) in [5.74, 6) is 0. The van der Waals surface area contributed by atoms with Gasteiger partial charge in [0, 0.05) is 24.0 Å². The predicted octanol–water partition coefficient (Wildman–Crippen LogP) is 2.72. The second kappa shape index (κ2) is 3.39. The summed E-state index contributed by atoms with van der Waals surface area (Å²) in [5, 5.41) is 3.36. The van der Waals surface area contributed by atoms with Crippen LogP contribution >= 0.6 is 0 Å². The number of aromatic nitrogens is 1. The Hall–Kier alpha value is -1.83. The van der Waals surface area contributed by atoms with Crippen LogP contribution in [-0.2, 0) is 6.42 Å². The normalized spacial score (nSPS) is 13.3. The Balaban J connectivity index is 2.07. The molecule has 0 amide bonds. The fraction of sp³-hybridized carbons (Fsp3) is 0.154. The molecule has 1 aliphatic rings. The summed E-state index contributed by atoms with van der Waals surface area (Å²) < 4.78 is 0. The molecule has 3 rings (SSSR count). The van der Waals surface area contributed by atoms with Crippen LogP contribution in [0.25, 0.3) is 11.3 Å². The first-order valence-electron chi connectivity index (χ1n) is 5.22. The molecule has 2 heteroatoms. The Labute approximate surface area is 89.0 Å². The van der Waals surface area contributed by atoms with E-state index >= 15 is 0 Å². The number of hydrogen-bond acceptors (Lipinski definition) is 2. The maximum Gasteiger partial charge on any atom is 0.0702 e. The number of hydrogen-bond donors (Lipinski definition) is 1. The van der Waals surface area contributed by atoms with Crippen LogP contribution in [-0.4, -0.2) is 11.5 Å². The molecule has 15 heavy (non-hydrogen) atoms. The lowest BCUT2D eigenvalue weighted by Crippen LogP contribution is -1.90. The van der Waals surface area contributed by atoms with Crippen LogP contribution in [0, 0.1) is 0 Å². The van der Waals surface area contributed by atoms with Crippen molar-refractivity contribution in [1.82, 2.24) is 4.98 Å². The van der Waals surface area contributed by atoms with E-state index in [1.165, 1.54) is 16.8 Å². The maximum atomic E-state index is 4.35. The second-order valence-corrected chi connectivity index (χ2v) is 3.76. The van der Waals surface area contributed by atoms with Crippen LogP contribution in [0.3, 0.4) is 0 Å². The van der Waals surface area contributed by atoms with Crippen molar-refractivity contribution < 1.29 is 0 Å². The molecule has 1 N–H and O–H groups in total. The summed E-state index contributed by atoms with van der Waals surface area (Å²) in [7, 11) is 0. The van der Waals surface area contributed by atoms with Gasteiger partial charge in [-0.2, -0.15) is 0 Å². The number of fused-ring (bicyclic) bond motifs is 1. The van der Waals surface area contributed by atoms with Crippen molar-refractivity contribution in [3.05, 3.63) is 48.2 Å². The molecule has 0 unspecified atom stereocenters. The first kappa shape index (κ1) is 8.48. The summed E-state index contributed by atoms with van der Waals surface area (Å²) in [6.07, 6.45) is 2.96. The smallest absolute Gasteiger partial charge is 0.0702 e. The average Bonchev–Trinajstić information content (AvgIpc) is 2.77. The molecule has 2 heterocycles. The molecule has 1 aromatic heterocycles. The molecule has 74 valence electrons. The van der Waals surface area contributed by atoms with Gasteiger partial charge in [0.2, 0.25) is 0 Å². The number of rotatable bonds is 1. The van der Waals surface area contributed by atoms with Gasteiger partial charge in [0.05, 0.1) is 5.69 Å². The third-order valence-corrected chi connectivity index (χ3v) is 2.78. The van der Waals surface area contributed by atoms with Gasteiger partial charge in [-0.3, -0.25) is 4.98 Å². The third kappa shape index (κ3) is 1.48. The van der Waals surface area contributed by atoms with Gasteiger partial charge in [-0.05, 0) is 36.2 Å². The lowest BCUT2D eigenvalue weighted by Gasteiger charge is -2.03. The van der Waals surface area contributed by atoms with Crippen molar-refractivity contribution in [3.63, 3.8) is 0 Å². The van der Waals surface area contributed by atoms with Crippen LogP contribution in [0.15, 0.2) is 42.6 Å². The van der Waals surface area contributed by atoms with Gasteiger partial charge in [0.1, 0.15) is 0 Å². The van der Waals surface area contributed by atoms with Crippen molar-refractivity contribution in [2.24, 2.45) is 0 Å². The Morgan fingerprint density at radius 2 is 2.13 bits per heavy atom. The minimum atomic E-state index is 1.05. The molecule has 2 nitrogen and oxygen atoms in total. The zero-order valence-electron chi connectivity index (χ0n) is 8.40. The highest BCUT2D eigenvalue weighted by Gasteiger charge is 2.10. The van der Waals surface area contributed by atoms with Gasteiger partial charge in [0.15, 0.2) is 0 Å². The van der Waals surface area contributed by atoms with E-state index in [4.69, 9.17) is 0 Å². The summed E-state index contributed by atoms with van der Waals surface area (Å²) in [6, 6.07) is 12.5. The summed E-state index contributed by atoms with van der Waals surface area (Å²) in [4.78, 5) is 4.35. The maximum absolute atomic E-state index is 4.35. The fourth-order valence-corrected chi connectivity index (χ4v) is 2.00. The van der Waals surface area contributed by atoms with Crippen molar-refractivity contribution in [3.8, 4) is 11.3 Å². The molecule has 1 aliphatic heterocycles. The highest BCUT2D eigenvalue weighted by atomic mass is 14.9. The fourth-order valence-electron chi connectivity index (χ4n) is 2.00. The second-order valence-electron chi connectivity index (χ2n) is 3.76. The average molecular weight is 196 g/mol. The summed E-state index contributed by atoms with van der Waals surface area (Å²) in [5.41, 5.74) is 4.93. The number of anilines is 1. The third-order valence-electron chi connectivity index (χ3n) is 2.78. The lowest BCUT2D eigenvalue weighted by molar-refractivity contribution is 1.11. The van der Waals surface area contributed by atoms with Crippen molar-refractivity contribution in [2.45, 2.75) is 6.42 Å². The van der Waals surface area contributed by atoms with Gasteiger partial charge in [-0.25, -0.2) is 0 Å². The molecule has 0 atom stereocenters. The van der Waals surface area contributed by atoms with Crippen LogP contribution in [0.1, 0.15) is 5.56 Å². The van der Waals surface area contributed by atoms with Gasteiger partial charge < -0.3 is 5.32 Å². The highest BCUT2D eigenvalue weighted by molar-refractivity contribution is 5.67. The standard InChI is InChI=1S/C13H12N2/c1-2-7-14-12(3-1)10-4-5-13-11(9-10)6-8-15-13/h1-5,7,9,15H,6,8H2. The van der Waals surface area contributed by atoms with E-state index < -0.39 is 0 Å². The molecule has 2 aromatic rings. The quantitative estimate of drug-likeness (QED) is 0.758. The van der Waals surface area contributed by atoms with Crippen molar-refractivity contribution in [1.29, 1.82) is 0 Å². The monoisotopic (exact) mass is 196 g/mol. The van der Waals surface area contributed by atoms with E-state index in [0.717, 1.165) is 18.7 Å². The van der Waals surface area contributed by atoms with Crippen LogP contribution in [0.4, 0.5) is 5.69 Å². The topological polar surface area (TPSA) is 24.9 Å². The van der Waals surface area contributed by atoms with E-state index in [2.05, 4.69) is 28.5 Å². The first-order chi connectivity index (χ1) is 7.43. The van der Waals surface area contributed by atoms with E-state index in [1.807, 2.05) is 24.4 Å². The summed E-state index contributed by atoms with van der Waals surface area (Å²) in [6.45, 7) is 1.06. The highest BCUT2D eigenvalue weighted by Crippen LogP contribution is 2.27. The molecule has 0 saturated carbocycles. The molecular weight excluding hydrogens is 184 g/mol. The van der Waals surface area contributed by atoms with Crippen LogP contribution in [0.2, 0.25) is 0 Å². The lowest BCUT2D eigenvalue weighted by atomic mass is 10.1. The molecule has 1 aromatic carbocycles. The largest absolute Gasteiger partial charge is 0.384 e. The predicted molar refractivity (Wildman–Crippen MR) is 61.9 cm³/mol. The zero-order chi connectivity index (χ0) is 10.1. The minimum Gasteiger partial charge on any atom is -0.384 e. The zero-order valence-corrected chi connectivity index (χ0v) is 8.40. The number of nitrogens with zero attached hydrogens (tertiary/aromatic N) is 1. The van der Waals surface area contributed by atoms with E-state index in [-0.39, 0.29) is 0 Å². The Morgan fingerprint density at radius 1 is 1.13 bits per heavy atom. The molecule has 0 spiro atoms. The van der Waals surface area contributed by atoms with Crippen molar-refractivity contribution >= 4 is 5.69 Å². The van der Waals surface area contributed by atoms with Gasteiger partial charge in [-0.15, -0.1) is 0 Å². The molecule has 0 fully saturated rings.